The normalized spacial score (nSPS) is 18.2. The third kappa shape index (κ3) is 3.52. The van der Waals surface area contributed by atoms with Crippen molar-refractivity contribution in [2.75, 3.05) is 38.3 Å². The maximum absolute atomic E-state index is 12.6. The van der Waals surface area contributed by atoms with Gasteiger partial charge >= 0.3 is 6.03 Å². The predicted molar refractivity (Wildman–Crippen MR) is 107 cm³/mol. The molecule has 1 fully saturated rings. The first-order valence-corrected chi connectivity index (χ1v) is 10.0. The number of hydrogen-bond acceptors (Lipinski definition) is 4. The first-order valence-electron chi connectivity index (χ1n) is 10.0. The fourth-order valence-electron chi connectivity index (χ4n) is 4.26. The fraction of sp³-hybridized carbons (Fsp3) is 0.409. The standard InChI is InChI=1S/C22H25N3O3/c26-22(23-19-6-5-17-2-1-3-18(17)13-19)25-10-8-24(9-11-25)14-16-4-7-20-21(12-16)28-15-27-20/h4-7,12-13H,1-3,8-11,14-15H2,(H,23,26). The Morgan fingerprint density at radius 1 is 0.929 bits per heavy atom. The summed E-state index contributed by atoms with van der Waals surface area (Å²) in [5.74, 6) is 1.64. The van der Waals surface area contributed by atoms with E-state index in [-0.39, 0.29) is 6.03 Å². The van der Waals surface area contributed by atoms with Crippen molar-refractivity contribution in [3.63, 3.8) is 0 Å². The summed E-state index contributed by atoms with van der Waals surface area (Å²) in [4.78, 5) is 16.9. The van der Waals surface area contributed by atoms with Gasteiger partial charge in [-0.1, -0.05) is 12.1 Å². The number of ether oxygens (including phenoxy) is 2. The highest BCUT2D eigenvalue weighted by Gasteiger charge is 2.22. The van der Waals surface area contributed by atoms with Gasteiger partial charge < -0.3 is 19.7 Å². The molecule has 2 amide bonds. The van der Waals surface area contributed by atoms with Crippen molar-refractivity contribution in [3.05, 3.63) is 53.1 Å². The Kier molecular flexibility index (Phi) is 4.56. The van der Waals surface area contributed by atoms with Crippen LogP contribution in [0.1, 0.15) is 23.1 Å². The Morgan fingerprint density at radius 2 is 1.75 bits per heavy atom. The number of hydrogen-bond donors (Lipinski definition) is 1. The molecule has 0 atom stereocenters. The summed E-state index contributed by atoms with van der Waals surface area (Å²) < 4.78 is 10.8. The Bertz CT molecular complexity index is 891. The maximum atomic E-state index is 12.6. The molecule has 1 N–H and O–H groups in total. The summed E-state index contributed by atoms with van der Waals surface area (Å²) in [6, 6.07) is 12.4. The molecular weight excluding hydrogens is 354 g/mol. The number of anilines is 1. The van der Waals surface area contributed by atoms with Crippen LogP contribution in [0.5, 0.6) is 11.5 Å². The number of rotatable bonds is 3. The molecular formula is C22H25N3O3. The molecule has 0 bridgehead atoms. The molecule has 1 saturated heterocycles. The molecule has 5 rings (SSSR count). The van der Waals surface area contributed by atoms with E-state index < -0.39 is 0 Å². The molecule has 0 spiro atoms. The summed E-state index contributed by atoms with van der Waals surface area (Å²) in [5, 5.41) is 3.07. The zero-order chi connectivity index (χ0) is 18.9. The van der Waals surface area contributed by atoms with E-state index in [1.54, 1.807) is 0 Å². The second kappa shape index (κ2) is 7.36. The molecule has 2 heterocycles. The van der Waals surface area contributed by atoms with Crippen LogP contribution in [0, 0.1) is 0 Å². The molecule has 6 heteroatoms. The number of aryl methyl sites for hydroxylation is 2. The van der Waals surface area contributed by atoms with E-state index in [2.05, 4.69) is 34.5 Å². The highest BCUT2D eigenvalue weighted by Crippen LogP contribution is 2.33. The van der Waals surface area contributed by atoms with Crippen LogP contribution in [0.25, 0.3) is 0 Å². The summed E-state index contributed by atoms with van der Waals surface area (Å²) in [6.45, 7) is 4.37. The summed E-state index contributed by atoms with van der Waals surface area (Å²) >= 11 is 0. The second-order valence-electron chi connectivity index (χ2n) is 7.72. The van der Waals surface area contributed by atoms with Gasteiger partial charge in [0, 0.05) is 38.4 Å². The van der Waals surface area contributed by atoms with E-state index in [9.17, 15) is 4.79 Å². The van der Waals surface area contributed by atoms with Crippen LogP contribution < -0.4 is 14.8 Å². The van der Waals surface area contributed by atoms with Crippen molar-refractivity contribution < 1.29 is 14.3 Å². The van der Waals surface area contributed by atoms with Gasteiger partial charge in [0.15, 0.2) is 11.5 Å². The van der Waals surface area contributed by atoms with E-state index in [4.69, 9.17) is 9.47 Å². The van der Waals surface area contributed by atoms with Gasteiger partial charge in [0.1, 0.15) is 0 Å². The lowest BCUT2D eigenvalue weighted by molar-refractivity contribution is 0.143. The monoisotopic (exact) mass is 379 g/mol. The summed E-state index contributed by atoms with van der Waals surface area (Å²) in [5.41, 5.74) is 4.93. The van der Waals surface area contributed by atoms with Gasteiger partial charge in [-0.2, -0.15) is 0 Å². The minimum atomic E-state index is 0.000626. The van der Waals surface area contributed by atoms with Crippen LogP contribution >= 0.6 is 0 Å². The third-order valence-electron chi connectivity index (χ3n) is 5.85. The zero-order valence-electron chi connectivity index (χ0n) is 15.9. The average Bonchev–Trinajstić information content (AvgIpc) is 3.36. The molecule has 2 aliphatic heterocycles. The highest BCUT2D eigenvalue weighted by molar-refractivity contribution is 5.89. The van der Waals surface area contributed by atoms with Crippen LogP contribution in [0.4, 0.5) is 10.5 Å². The maximum Gasteiger partial charge on any atom is 0.321 e. The topological polar surface area (TPSA) is 54.0 Å². The summed E-state index contributed by atoms with van der Waals surface area (Å²) in [7, 11) is 0. The number of nitrogens with zero attached hydrogens (tertiary/aromatic N) is 2. The Hall–Kier alpha value is -2.73. The van der Waals surface area contributed by atoms with Crippen LogP contribution in [0.3, 0.4) is 0 Å². The number of benzene rings is 2. The minimum Gasteiger partial charge on any atom is -0.454 e. The molecule has 28 heavy (non-hydrogen) atoms. The SMILES string of the molecule is O=C(Nc1ccc2c(c1)CCC2)N1CCN(Cc2ccc3c(c2)OCO3)CC1. The average molecular weight is 379 g/mol. The van der Waals surface area contributed by atoms with Crippen molar-refractivity contribution in [1.29, 1.82) is 0 Å². The second-order valence-corrected chi connectivity index (χ2v) is 7.72. The van der Waals surface area contributed by atoms with Gasteiger partial charge in [-0.05, 0) is 60.2 Å². The number of fused-ring (bicyclic) bond motifs is 2. The van der Waals surface area contributed by atoms with Crippen LogP contribution in [-0.4, -0.2) is 48.8 Å². The molecule has 6 nitrogen and oxygen atoms in total. The molecule has 3 aliphatic rings. The van der Waals surface area contributed by atoms with Crippen molar-refractivity contribution in [2.24, 2.45) is 0 Å². The van der Waals surface area contributed by atoms with Crippen molar-refractivity contribution >= 4 is 11.7 Å². The van der Waals surface area contributed by atoms with Crippen molar-refractivity contribution in [2.45, 2.75) is 25.8 Å². The van der Waals surface area contributed by atoms with Gasteiger partial charge in [-0.3, -0.25) is 4.90 Å². The van der Waals surface area contributed by atoms with Crippen LogP contribution in [0.2, 0.25) is 0 Å². The van der Waals surface area contributed by atoms with E-state index in [1.165, 1.54) is 23.1 Å². The van der Waals surface area contributed by atoms with E-state index >= 15 is 0 Å². The van der Waals surface area contributed by atoms with Crippen LogP contribution in [0.15, 0.2) is 36.4 Å². The molecule has 2 aromatic rings. The molecule has 0 aromatic heterocycles. The number of amides is 2. The van der Waals surface area contributed by atoms with E-state index in [1.807, 2.05) is 17.0 Å². The Balaban J connectivity index is 1.14. The zero-order valence-corrected chi connectivity index (χ0v) is 15.9. The van der Waals surface area contributed by atoms with E-state index in [0.29, 0.717) is 6.79 Å². The van der Waals surface area contributed by atoms with Gasteiger partial charge in [0.2, 0.25) is 6.79 Å². The van der Waals surface area contributed by atoms with Gasteiger partial charge in [0.05, 0.1) is 0 Å². The molecule has 0 unspecified atom stereocenters. The Morgan fingerprint density at radius 3 is 2.64 bits per heavy atom. The van der Waals surface area contributed by atoms with Crippen LogP contribution in [-0.2, 0) is 19.4 Å². The lowest BCUT2D eigenvalue weighted by Crippen LogP contribution is -2.49. The first kappa shape index (κ1) is 17.4. The lowest BCUT2D eigenvalue weighted by Gasteiger charge is -2.34. The summed E-state index contributed by atoms with van der Waals surface area (Å²) in [6.07, 6.45) is 3.50. The molecule has 146 valence electrons. The molecule has 2 aromatic carbocycles. The first-order chi connectivity index (χ1) is 13.7. The van der Waals surface area contributed by atoms with Crippen molar-refractivity contribution in [3.8, 4) is 11.5 Å². The lowest BCUT2D eigenvalue weighted by atomic mass is 10.1. The largest absolute Gasteiger partial charge is 0.454 e. The van der Waals surface area contributed by atoms with Gasteiger partial charge in [0.25, 0.3) is 0 Å². The van der Waals surface area contributed by atoms with Crippen molar-refractivity contribution in [1.82, 2.24) is 9.80 Å². The number of carbonyl (C=O) groups excluding carboxylic acids is 1. The van der Waals surface area contributed by atoms with Gasteiger partial charge in [-0.15, -0.1) is 0 Å². The predicted octanol–water partition coefficient (Wildman–Crippen LogP) is 3.25. The third-order valence-corrected chi connectivity index (χ3v) is 5.85. The highest BCUT2D eigenvalue weighted by atomic mass is 16.7. The molecule has 0 saturated carbocycles. The molecule has 1 aliphatic carbocycles. The van der Waals surface area contributed by atoms with Gasteiger partial charge in [-0.25, -0.2) is 4.79 Å². The number of piperazine rings is 1. The molecule has 0 radical (unpaired) electrons. The van der Waals surface area contributed by atoms with E-state index in [0.717, 1.165) is 62.8 Å². The number of urea groups is 1. The quantitative estimate of drug-likeness (QED) is 0.890. The smallest absolute Gasteiger partial charge is 0.321 e. The fourth-order valence-corrected chi connectivity index (χ4v) is 4.26. The minimum absolute atomic E-state index is 0.000626. The number of nitrogens with one attached hydrogen (secondary N) is 1. The Labute approximate surface area is 165 Å². The number of carbonyl (C=O) groups is 1.